The summed E-state index contributed by atoms with van der Waals surface area (Å²) in [7, 11) is 1.43. The zero-order valence-electron chi connectivity index (χ0n) is 21.2. The van der Waals surface area contributed by atoms with Crippen LogP contribution in [0.5, 0.6) is 11.5 Å². The second-order valence-electron chi connectivity index (χ2n) is 8.90. The van der Waals surface area contributed by atoms with Gasteiger partial charge in [-0.25, -0.2) is 18.9 Å². The first-order chi connectivity index (χ1) is 18.5. The maximum atomic E-state index is 13.7. The standard InChI is InChI=1S/C27H29FN6O4/c1-3-38-22-12-16(14-30-27(35)20-13-18(28)5-7-21(20)36-2)4-6-19(22)23-24-25(29)31-15-32-34(24)26(33-23)17-8-10-37-11-9-17/h4-7,12-13,15,17H,3,8-11,14H2,1-2H3,(H,30,35)(H2,29,31,32). The monoisotopic (exact) mass is 520 g/mol. The molecule has 3 N–H and O–H groups in total. The number of nitrogen functional groups attached to an aromatic ring is 1. The van der Waals surface area contributed by atoms with Crippen LogP contribution in [0.4, 0.5) is 10.2 Å². The van der Waals surface area contributed by atoms with Gasteiger partial charge in [0.25, 0.3) is 5.91 Å². The maximum Gasteiger partial charge on any atom is 0.255 e. The van der Waals surface area contributed by atoms with Crippen LogP contribution in [0.15, 0.2) is 42.7 Å². The fourth-order valence-electron chi connectivity index (χ4n) is 4.67. The quantitative estimate of drug-likeness (QED) is 0.360. The number of nitrogens with two attached hydrogens (primary N) is 1. The predicted molar refractivity (Wildman–Crippen MR) is 139 cm³/mol. The van der Waals surface area contributed by atoms with E-state index < -0.39 is 11.7 Å². The van der Waals surface area contributed by atoms with E-state index in [4.69, 9.17) is 24.9 Å². The van der Waals surface area contributed by atoms with Crippen LogP contribution in [0, 0.1) is 5.82 Å². The molecule has 11 heteroatoms. The average Bonchev–Trinajstić information content (AvgIpc) is 3.33. The van der Waals surface area contributed by atoms with Crippen molar-refractivity contribution in [3.63, 3.8) is 0 Å². The van der Waals surface area contributed by atoms with Gasteiger partial charge in [-0.05, 0) is 55.7 Å². The highest BCUT2D eigenvalue weighted by molar-refractivity contribution is 5.97. The molecule has 5 rings (SSSR count). The molecule has 198 valence electrons. The summed E-state index contributed by atoms with van der Waals surface area (Å²) in [5, 5.41) is 7.27. The molecule has 1 aliphatic heterocycles. The zero-order valence-corrected chi connectivity index (χ0v) is 21.2. The topological polar surface area (TPSA) is 126 Å². The van der Waals surface area contributed by atoms with Crippen molar-refractivity contribution >= 4 is 17.2 Å². The van der Waals surface area contributed by atoms with Crippen LogP contribution in [0.25, 0.3) is 16.8 Å². The maximum absolute atomic E-state index is 13.7. The highest BCUT2D eigenvalue weighted by Crippen LogP contribution is 2.38. The van der Waals surface area contributed by atoms with Gasteiger partial charge in [0.15, 0.2) is 5.82 Å². The zero-order chi connectivity index (χ0) is 26.6. The van der Waals surface area contributed by atoms with Gasteiger partial charge in [0.2, 0.25) is 0 Å². The molecule has 10 nitrogen and oxygen atoms in total. The number of benzene rings is 2. The third-order valence-corrected chi connectivity index (χ3v) is 6.53. The van der Waals surface area contributed by atoms with Crippen LogP contribution in [-0.4, -0.2) is 52.4 Å². The summed E-state index contributed by atoms with van der Waals surface area (Å²) >= 11 is 0. The number of halogens is 1. The number of anilines is 1. The molecule has 0 radical (unpaired) electrons. The molecule has 1 amide bonds. The van der Waals surface area contributed by atoms with Crippen molar-refractivity contribution in [1.82, 2.24) is 24.9 Å². The summed E-state index contributed by atoms with van der Waals surface area (Å²) in [4.78, 5) is 21.9. The van der Waals surface area contributed by atoms with Crippen molar-refractivity contribution in [3.05, 3.63) is 65.5 Å². The van der Waals surface area contributed by atoms with E-state index in [9.17, 15) is 9.18 Å². The summed E-state index contributed by atoms with van der Waals surface area (Å²) < 4.78 is 32.2. The van der Waals surface area contributed by atoms with Crippen molar-refractivity contribution in [1.29, 1.82) is 0 Å². The Morgan fingerprint density at radius 2 is 2.03 bits per heavy atom. The molecule has 0 bridgehead atoms. The molecule has 4 aromatic rings. The van der Waals surface area contributed by atoms with E-state index in [1.54, 1.807) is 4.52 Å². The predicted octanol–water partition coefficient (Wildman–Crippen LogP) is 3.74. The molecular formula is C27H29FN6O4. The summed E-state index contributed by atoms with van der Waals surface area (Å²) in [6, 6.07) is 9.42. The van der Waals surface area contributed by atoms with E-state index in [-0.39, 0.29) is 18.0 Å². The third-order valence-electron chi connectivity index (χ3n) is 6.53. The summed E-state index contributed by atoms with van der Waals surface area (Å²) in [5.41, 5.74) is 9.20. The molecule has 38 heavy (non-hydrogen) atoms. The van der Waals surface area contributed by atoms with Crippen molar-refractivity contribution in [2.75, 3.05) is 32.7 Å². The smallest absolute Gasteiger partial charge is 0.255 e. The van der Waals surface area contributed by atoms with Gasteiger partial charge in [0.1, 0.15) is 40.7 Å². The first-order valence-electron chi connectivity index (χ1n) is 12.4. The van der Waals surface area contributed by atoms with Gasteiger partial charge in [-0.2, -0.15) is 5.10 Å². The number of rotatable bonds is 8. The molecule has 1 saturated heterocycles. The third kappa shape index (κ3) is 4.97. The first-order valence-corrected chi connectivity index (χ1v) is 12.4. The Hall–Kier alpha value is -4.25. The normalized spacial score (nSPS) is 14.0. The number of fused-ring (bicyclic) bond motifs is 1. The molecular weight excluding hydrogens is 491 g/mol. The minimum Gasteiger partial charge on any atom is -0.496 e. The number of imidazole rings is 1. The van der Waals surface area contributed by atoms with Gasteiger partial charge in [-0.15, -0.1) is 0 Å². The van der Waals surface area contributed by atoms with E-state index in [1.807, 2.05) is 25.1 Å². The van der Waals surface area contributed by atoms with Gasteiger partial charge in [-0.3, -0.25) is 4.79 Å². The van der Waals surface area contributed by atoms with Crippen molar-refractivity contribution in [3.8, 4) is 22.8 Å². The molecule has 3 heterocycles. The van der Waals surface area contributed by atoms with Gasteiger partial charge >= 0.3 is 0 Å². The van der Waals surface area contributed by atoms with E-state index in [1.165, 1.54) is 25.6 Å². The van der Waals surface area contributed by atoms with E-state index >= 15 is 0 Å². The Labute approximate surface area is 218 Å². The van der Waals surface area contributed by atoms with Crippen LogP contribution >= 0.6 is 0 Å². The Morgan fingerprint density at radius 3 is 2.79 bits per heavy atom. The summed E-state index contributed by atoms with van der Waals surface area (Å²) in [5.74, 6) is 1.23. The number of hydrogen-bond donors (Lipinski definition) is 2. The number of carbonyl (C=O) groups excluding carboxylic acids is 1. The van der Waals surface area contributed by atoms with Crippen LogP contribution in [0.2, 0.25) is 0 Å². The fraction of sp³-hybridized carbons (Fsp3) is 0.333. The molecule has 0 saturated carbocycles. The van der Waals surface area contributed by atoms with Crippen molar-refractivity contribution < 1.29 is 23.4 Å². The SMILES string of the molecule is CCOc1cc(CNC(=O)c2cc(F)ccc2OC)ccc1-c1nc(C2CCOCC2)n2ncnc(N)c12. The van der Waals surface area contributed by atoms with E-state index in [0.717, 1.165) is 35.9 Å². The van der Waals surface area contributed by atoms with Gasteiger partial charge in [0.05, 0.1) is 19.3 Å². The average molecular weight is 521 g/mol. The van der Waals surface area contributed by atoms with E-state index in [2.05, 4.69) is 15.4 Å². The van der Waals surface area contributed by atoms with Gasteiger partial charge in [0, 0.05) is 31.2 Å². The lowest BCUT2D eigenvalue weighted by atomic mass is 10.00. The highest BCUT2D eigenvalue weighted by Gasteiger charge is 2.26. The molecule has 2 aromatic heterocycles. The molecule has 2 aromatic carbocycles. The van der Waals surface area contributed by atoms with Crippen LogP contribution in [0.1, 0.15) is 47.4 Å². The molecule has 1 fully saturated rings. The van der Waals surface area contributed by atoms with Gasteiger partial charge in [-0.1, -0.05) is 6.07 Å². The Kier molecular flexibility index (Phi) is 7.36. The van der Waals surface area contributed by atoms with Gasteiger partial charge < -0.3 is 25.3 Å². The Bertz CT molecular complexity index is 1470. The number of carbonyl (C=O) groups is 1. The van der Waals surface area contributed by atoms with Crippen molar-refractivity contribution in [2.24, 2.45) is 0 Å². The molecule has 0 atom stereocenters. The largest absolute Gasteiger partial charge is 0.496 e. The molecule has 0 unspecified atom stereocenters. The molecule has 1 aliphatic rings. The summed E-state index contributed by atoms with van der Waals surface area (Å²) in [6.45, 7) is 3.85. The molecule has 0 spiro atoms. The Balaban J connectivity index is 1.47. The number of aromatic nitrogens is 4. The number of amides is 1. The second-order valence-corrected chi connectivity index (χ2v) is 8.90. The van der Waals surface area contributed by atoms with Crippen LogP contribution in [0.3, 0.4) is 0 Å². The minimum atomic E-state index is -0.519. The second kappa shape index (κ2) is 11.0. The lowest BCUT2D eigenvalue weighted by Gasteiger charge is -2.20. The number of nitrogens with one attached hydrogen (secondary N) is 1. The summed E-state index contributed by atoms with van der Waals surface area (Å²) in [6.07, 6.45) is 3.12. The van der Waals surface area contributed by atoms with Crippen LogP contribution in [-0.2, 0) is 11.3 Å². The number of ether oxygens (including phenoxy) is 3. The number of nitrogens with zero attached hydrogens (tertiary/aromatic N) is 4. The number of hydrogen-bond acceptors (Lipinski definition) is 8. The lowest BCUT2D eigenvalue weighted by molar-refractivity contribution is 0.0832. The van der Waals surface area contributed by atoms with Crippen LogP contribution < -0.4 is 20.5 Å². The fourth-order valence-corrected chi connectivity index (χ4v) is 4.67. The van der Waals surface area contributed by atoms with E-state index in [0.29, 0.717) is 48.3 Å². The first kappa shape index (κ1) is 25.4. The number of methoxy groups -OCH3 is 1. The Morgan fingerprint density at radius 1 is 1.21 bits per heavy atom. The molecule has 0 aliphatic carbocycles. The minimum absolute atomic E-state index is 0.120. The highest BCUT2D eigenvalue weighted by atomic mass is 19.1. The lowest BCUT2D eigenvalue weighted by Crippen LogP contribution is -2.23. The van der Waals surface area contributed by atoms with Crippen molar-refractivity contribution in [2.45, 2.75) is 32.2 Å².